The predicted octanol–water partition coefficient (Wildman–Crippen LogP) is 2.17. The molecule has 0 bridgehead atoms. The Morgan fingerprint density at radius 1 is 1.31 bits per heavy atom. The maximum Gasteiger partial charge on any atom is 0.159 e. The van der Waals surface area contributed by atoms with Gasteiger partial charge in [0.05, 0.1) is 5.60 Å². The van der Waals surface area contributed by atoms with Crippen molar-refractivity contribution in [1.29, 1.82) is 0 Å². The molecular formula is C12H17F2NO. The van der Waals surface area contributed by atoms with Crippen molar-refractivity contribution in [2.45, 2.75) is 32.4 Å². The molecule has 0 saturated carbocycles. The highest BCUT2D eigenvalue weighted by Gasteiger charge is 2.24. The van der Waals surface area contributed by atoms with Crippen LogP contribution >= 0.6 is 0 Å². The summed E-state index contributed by atoms with van der Waals surface area (Å²) in [6.07, 6.45) is 0. The van der Waals surface area contributed by atoms with Crippen molar-refractivity contribution in [3.05, 3.63) is 35.4 Å². The van der Waals surface area contributed by atoms with Crippen LogP contribution in [-0.4, -0.2) is 17.7 Å². The average Bonchev–Trinajstić information content (AvgIpc) is 2.19. The summed E-state index contributed by atoms with van der Waals surface area (Å²) in [5, 5.41) is 13.2. The van der Waals surface area contributed by atoms with Crippen LogP contribution < -0.4 is 5.32 Å². The third-order valence-electron chi connectivity index (χ3n) is 2.40. The Labute approximate surface area is 94.3 Å². The number of benzene rings is 1. The molecule has 0 amide bonds. The molecule has 0 radical (unpaired) electrons. The lowest BCUT2D eigenvalue weighted by Crippen LogP contribution is -2.38. The SMILES string of the molecule is CC(C)NCC(C)(O)c1ccc(F)c(F)c1. The second-order valence-corrected chi connectivity index (χ2v) is 4.44. The Hall–Kier alpha value is -1.00. The van der Waals surface area contributed by atoms with Crippen LogP contribution in [0.15, 0.2) is 18.2 Å². The van der Waals surface area contributed by atoms with Gasteiger partial charge < -0.3 is 10.4 Å². The van der Waals surface area contributed by atoms with Gasteiger partial charge in [-0.05, 0) is 24.6 Å². The van der Waals surface area contributed by atoms with Crippen molar-refractivity contribution >= 4 is 0 Å². The molecular weight excluding hydrogens is 212 g/mol. The number of aliphatic hydroxyl groups is 1. The highest BCUT2D eigenvalue weighted by molar-refractivity contribution is 5.23. The number of halogens is 2. The molecule has 4 heteroatoms. The largest absolute Gasteiger partial charge is 0.384 e. The summed E-state index contributed by atoms with van der Waals surface area (Å²) in [5.41, 5.74) is -0.849. The lowest BCUT2D eigenvalue weighted by atomic mass is 9.95. The minimum Gasteiger partial charge on any atom is -0.384 e. The molecule has 0 fully saturated rings. The van der Waals surface area contributed by atoms with Gasteiger partial charge in [0.25, 0.3) is 0 Å². The van der Waals surface area contributed by atoms with Gasteiger partial charge in [-0.3, -0.25) is 0 Å². The van der Waals surface area contributed by atoms with E-state index in [1.54, 1.807) is 6.92 Å². The molecule has 1 aromatic rings. The second-order valence-electron chi connectivity index (χ2n) is 4.44. The zero-order valence-corrected chi connectivity index (χ0v) is 9.72. The number of hydrogen-bond donors (Lipinski definition) is 2. The Kier molecular flexibility index (Phi) is 3.99. The quantitative estimate of drug-likeness (QED) is 0.829. The summed E-state index contributed by atoms with van der Waals surface area (Å²) >= 11 is 0. The Morgan fingerprint density at radius 2 is 1.94 bits per heavy atom. The summed E-state index contributed by atoms with van der Waals surface area (Å²) in [6, 6.07) is 3.66. The van der Waals surface area contributed by atoms with Gasteiger partial charge in [0, 0.05) is 12.6 Å². The first kappa shape index (κ1) is 13.1. The van der Waals surface area contributed by atoms with Crippen LogP contribution in [0.25, 0.3) is 0 Å². The monoisotopic (exact) mass is 229 g/mol. The van der Waals surface area contributed by atoms with Crippen molar-refractivity contribution in [1.82, 2.24) is 5.32 Å². The van der Waals surface area contributed by atoms with E-state index in [0.29, 0.717) is 5.56 Å². The van der Waals surface area contributed by atoms with E-state index < -0.39 is 17.2 Å². The van der Waals surface area contributed by atoms with Gasteiger partial charge in [0.2, 0.25) is 0 Å². The minimum absolute atomic E-state index is 0.219. The zero-order chi connectivity index (χ0) is 12.3. The first-order valence-corrected chi connectivity index (χ1v) is 5.24. The molecule has 0 saturated heterocycles. The van der Waals surface area contributed by atoms with Gasteiger partial charge in [-0.15, -0.1) is 0 Å². The van der Waals surface area contributed by atoms with Crippen LogP contribution in [-0.2, 0) is 5.60 Å². The lowest BCUT2D eigenvalue weighted by Gasteiger charge is -2.25. The van der Waals surface area contributed by atoms with Gasteiger partial charge in [0.1, 0.15) is 0 Å². The fourth-order valence-electron chi connectivity index (χ4n) is 1.34. The smallest absolute Gasteiger partial charge is 0.159 e. The van der Waals surface area contributed by atoms with Crippen molar-refractivity contribution < 1.29 is 13.9 Å². The topological polar surface area (TPSA) is 32.3 Å². The fourth-order valence-corrected chi connectivity index (χ4v) is 1.34. The highest BCUT2D eigenvalue weighted by atomic mass is 19.2. The summed E-state index contributed by atoms with van der Waals surface area (Å²) in [5.74, 6) is -1.85. The maximum atomic E-state index is 13.0. The molecule has 0 aliphatic heterocycles. The standard InChI is InChI=1S/C12H17F2NO/c1-8(2)15-7-12(3,16)9-4-5-10(13)11(14)6-9/h4-6,8,15-16H,7H2,1-3H3. The van der Waals surface area contributed by atoms with Crippen LogP contribution in [0.1, 0.15) is 26.3 Å². The first-order chi connectivity index (χ1) is 7.33. The Morgan fingerprint density at radius 3 is 2.44 bits per heavy atom. The number of rotatable bonds is 4. The van der Waals surface area contributed by atoms with E-state index in [2.05, 4.69) is 5.32 Å². The van der Waals surface area contributed by atoms with Gasteiger partial charge in [0.15, 0.2) is 11.6 Å². The van der Waals surface area contributed by atoms with E-state index in [9.17, 15) is 13.9 Å². The number of hydrogen-bond acceptors (Lipinski definition) is 2. The van der Waals surface area contributed by atoms with Gasteiger partial charge >= 0.3 is 0 Å². The molecule has 0 aliphatic carbocycles. The second kappa shape index (κ2) is 4.89. The Bertz CT molecular complexity index is 364. The third kappa shape index (κ3) is 3.25. The van der Waals surface area contributed by atoms with Crippen molar-refractivity contribution in [3.8, 4) is 0 Å². The van der Waals surface area contributed by atoms with E-state index in [-0.39, 0.29) is 12.6 Å². The van der Waals surface area contributed by atoms with Crippen LogP contribution in [0.4, 0.5) is 8.78 Å². The van der Waals surface area contributed by atoms with E-state index in [1.807, 2.05) is 13.8 Å². The molecule has 0 aromatic heterocycles. The molecule has 0 heterocycles. The Balaban J connectivity index is 2.84. The van der Waals surface area contributed by atoms with Gasteiger partial charge in [-0.25, -0.2) is 8.78 Å². The minimum atomic E-state index is -1.21. The number of nitrogens with one attached hydrogen (secondary N) is 1. The first-order valence-electron chi connectivity index (χ1n) is 5.24. The average molecular weight is 229 g/mol. The fraction of sp³-hybridized carbons (Fsp3) is 0.500. The molecule has 2 N–H and O–H groups in total. The van der Waals surface area contributed by atoms with Gasteiger partial charge in [-0.2, -0.15) is 0 Å². The van der Waals surface area contributed by atoms with Crippen molar-refractivity contribution in [3.63, 3.8) is 0 Å². The normalized spacial score (nSPS) is 15.2. The summed E-state index contributed by atoms with van der Waals surface area (Å²) in [4.78, 5) is 0. The summed E-state index contributed by atoms with van der Waals surface area (Å²) in [6.45, 7) is 5.74. The molecule has 2 nitrogen and oxygen atoms in total. The third-order valence-corrected chi connectivity index (χ3v) is 2.40. The van der Waals surface area contributed by atoms with Crippen LogP contribution in [0.2, 0.25) is 0 Å². The molecule has 16 heavy (non-hydrogen) atoms. The van der Waals surface area contributed by atoms with E-state index in [1.165, 1.54) is 6.07 Å². The molecule has 1 aromatic carbocycles. The zero-order valence-electron chi connectivity index (χ0n) is 9.72. The van der Waals surface area contributed by atoms with Crippen molar-refractivity contribution in [2.75, 3.05) is 6.54 Å². The maximum absolute atomic E-state index is 13.0. The molecule has 1 atom stereocenters. The van der Waals surface area contributed by atoms with Crippen molar-refractivity contribution in [2.24, 2.45) is 0 Å². The summed E-state index contributed by atoms with van der Waals surface area (Å²) in [7, 11) is 0. The lowest BCUT2D eigenvalue weighted by molar-refractivity contribution is 0.0545. The molecule has 1 unspecified atom stereocenters. The van der Waals surface area contributed by atoms with Crippen LogP contribution in [0.3, 0.4) is 0 Å². The van der Waals surface area contributed by atoms with Crippen LogP contribution in [0.5, 0.6) is 0 Å². The van der Waals surface area contributed by atoms with Gasteiger partial charge in [-0.1, -0.05) is 19.9 Å². The molecule has 0 aliphatic rings. The van der Waals surface area contributed by atoms with Crippen LogP contribution in [0, 0.1) is 11.6 Å². The van der Waals surface area contributed by atoms with E-state index in [4.69, 9.17) is 0 Å². The summed E-state index contributed by atoms with van der Waals surface area (Å²) < 4.78 is 25.7. The molecule has 0 spiro atoms. The van der Waals surface area contributed by atoms with E-state index in [0.717, 1.165) is 12.1 Å². The van der Waals surface area contributed by atoms with E-state index >= 15 is 0 Å². The highest BCUT2D eigenvalue weighted by Crippen LogP contribution is 2.21. The molecule has 90 valence electrons. The predicted molar refractivity (Wildman–Crippen MR) is 59.1 cm³/mol. The molecule has 1 rings (SSSR count).